The molecule has 4 aromatic rings. The van der Waals surface area contributed by atoms with Crippen LogP contribution < -0.4 is 4.90 Å². The second-order valence-corrected chi connectivity index (χ2v) is 11.3. The molecule has 40 heavy (non-hydrogen) atoms. The monoisotopic (exact) mass is 538 g/mol. The highest BCUT2D eigenvalue weighted by atomic mass is 16.5. The molecule has 0 saturated carbocycles. The van der Waals surface area contributed by atoms with Gasteiger partial charge in [-0.05, 0) is 74.2 Å². The number of aromatic amines is 1. The van der Waals surface area contributed by atoms with E-state index >= 15 is 0 Å². The van der Waals surface area contributed by atoms with Gasteiger partial charge in [0.2, 0.25) is 0 Å². The summed E-state index contributed by atoms with van der Waals surface area (Å²) < 4.78 is 5.10. The molecule has 1 N–H and O–H groups in total. The van der Waals surface area contributed by atoms with Gasteiger partial charge in [-0.25, -0.2) is 9.97 Å². The molecular formula is C32H38N6O2. The fraction of sp³-hybridized carbons (Fsp3) is 0.406. The fourth-order valence-corrected chi connectivity index (χ4v) is 6.29. The minimum absolute atomic E-state index is 0.00864. The van der Waals surface area contributed by atoms with Crippen molar-refractivity contribution in [2.45, 2.75) is 32.2 Å². The first-order valence-corrected chi connectivity index (χ1v) is 14.2. The first-order chi connectivity index (χ1) is 19.4. The lowest BCUT2D eigenvalue weighted by molar-refractivity contribution is 0.0779. The summed E-state index contributed by atoms with van der Waals surface area (Å²) in [6.45, 7) is 6.86. The third-order valence-electron chi connectivity index (χ3n) is 8.41. The topological polar surface area (TPSA) is 77.6 Å². The van der Waals surface area contributed by atoms with Gasteiger partial charge in [-0.15, -0.1) is 0 Å². The number of H-pyrrole nitrogens is 1. The van der Waals surface area contributed by atoms with Crippen LogP contribution in [-0.4, -0.2) is 90.7 Å². The maximum atomic E-state index is 12.8. The molecule has 2 aliphatic rings. The Morgan fingerprint density at radius 2 is 2.00 bits per heavy atom. The Kier molecular flexibility index (Phi) is 7.29. The van der Waals surface area contributed by atoms with E-state index in [1.807, 2.05) is 43.7 Å². The first kappa shape index (κ1) is 26.5. The Balaban J connectivity index is 1.27. The first-order valence-electron chi connectivity index (χ1n) is 14.2. The number of methoxy groups -OCH3 is 1. The molecule has 2 aromatic heterocycles. The highest BCUT2D eigenvalue weighted by molar-refractivity contribution is 5.96. The number of nitrogens with zero attached hydrogens (tertiary/aromatic N) is 5. The molecule has 1 atom stereocenters. The average molecular weight is 539 g/mol. The zero-order valence-electron chi connectivity index (χ0n) is 23.9. The number of carbonyl (C=O) groups excluding carboxylic acids is 1. The van der Waals surface area contributed by atoms with Crippen LogP contribution in [0.2, 0.25) is 0 Å². The predicted octanol–water partition coefficient (Wildman–Crippen LogP) is 4.78. The van der Waals surface area contributed by atoms with Gasteiger partial charge < -0.3 is 24.4 Å². The summed E-state index contributed by atoms with van der Waals surface area (Å²) in [4.78, 5) is 32.7. The van der Waals surface area contributed by atoms with Crippen molar-refractivity contribution in [2.24, 2.45) is 0 Å². The van der Waals surface area contributed by atoms with Crippen molar-refractivity contribution in [3.8, 4) is 22.4 Å². The van der Waals surface area contributed by atoms with Crippen LogP contribution in [0.15, 0.2) is 48.8 Å². The number of hydrogen-bond acceptors (Lipinski definition) is 6. The van der Waals surface area contributed by atoms with Crippen molar-refractivity contribution in [1.29, 1.82) is 0 Å². The standard InChI is InChI=1S/C32H38N6O2/c1-21-16-25(17-24-10-11-26-20-36(2)13-14-38(26)30(21)24)28-19-34-31-29(35-28)27(18-33-31)22-6-8-23(9-7-22)32(39)37(3)12-5-15-40-4/h6-9,16-19,26H,5,10-15,20H2,1-4H3,(H,33,34)/t26-/m1/s1. The number of ether oxygens (including phenoxy) is 1. The molecule has 0 bridgehead atoms. The van der Waals surface area contributed by atoms with Crippen molar-refractivity contribution in [3.63, 3.8) is 0 Å². The number of piperazine rings is 1. The van der Waals surface area contributed by atoms with Gasteiger partial charge in [0, 0.05) is 81.6 Å². The molecule has 8 nitrogen and oxygen atoms in total. The summed E-state index contributed by atoms with van der Waals surface area (Å²) in [6.07, 6.45) is 6.92. The number of rotatable bonds is 7. The molecule has 4 heterocycles. The lowest BCUT2D eigenvalue weighted by Gasteiger charge is -2.46. The molecule has 0 unspecified atom stereocenters. The van der Waals surface area contributed by atoms with Crippen LogP contribution in [0.4, 0.5) is 5.69 Å². The fourth-order valence-electron chi connectivity index (χ4n) is 6.29. The van der Waals surface area contributed by atoms with Crippen molar-refractivity contribution < 1.29 is 9.53 Å². The van der Waals surface area contributed by atoms with Gasteiger partial charge in [0.15, 0.2) is 5.65 Å². The van der Waals surface area contributed by atoms with Gasteiger partial charge in [-0.2, -0.15) is 0 Å². The minimum atomic E-state index is 0.00864. The molecule has 1 saturated heterocycles. The Labute approximate surface area is 236 Å². The zero-order valence-corrected chi connectivity index (χ0v) is 23.9. The maximum absolute atomic E-state index is 12.8. The maximum Gasteiger partial charge on any atom is 0.253 e. The minimum Gasteiger partial charge on any atom is -0.385 e. The number of benzene rings is 2. The Bertz CT molecular complexity index is 1530. The third-order valence-corrected chi connectivity index (χ3v) is 8.41. The number of nitrogens with one attached hydrogen (secondary N) is 1. The normalized spacial score (nSPS) is 17.1. The van der Waals surface area contributed by atoms with Gasteiger partial charge in [-0.3, -0.25) is 4.79 Å². The molecule has 0 spiro atoms. The summed E-state index contributed by atoms with van der Waals surface area (Å²) in [5.74, 6) is 0.00864. The number of fused-ring (bicyclic) bond motifs is 4. The molecule has 1 fully saturated rings. The van der Waals surface area contributed by atoms with E-state index in [1.165, 1.54) is 23.2 Å². The highest BCUT2D eigenvalue weighted by Crippen LogP contribution is 2.38. The SMILES string of the molecule is COCCCN(C)C(=O)c1ccc(-c2c[nH]c3ncc(-c4cc(C)c5c(c4)CC[C@@H]4CN(C)CCN54)nc23)cc1. The Hall–Kier alpha value is -3.75. The summed E-state index contributed by atoms with van der Waals surface area (Å²) in [5.41, 5.74) is 10.4. The summed E-state index contributed by atoms with van der Waals surface area (Å²) >= 11 is 0. The number of carbonyl (C=O) groups is 1. The number of amides is 1. The van der Waals surface area contributed by atoms with E-state index in [1.54, 1.807) is 12.0 Å². The van der Waals surface area contributed by atoms with Gasteiger partial charge in [-0.1, -0.05) is 12.1 Å². The van der Waals surface area contributed by atoms with E-state index in [2.05, 4.69) is 40.9 Å². The molecule has 0 radical (unpaired) electrons. The number of aromatic nitrogens is 3. The lowest BCUT2D eigenvalue weighted by Crippen LogP contribution is -2.54. The van der Waals surface area contributed by atoms with E-state index in [0.29, 0.717) is 24.8 Å². The lowest BCUT2D eigenvalue weighted by atomic mass is 9.89. The third kappa shape index (κ3) is 4.97. The zero-order chi connectivity index (χ0) is 27.8. The molecule has 208 valence electrons. The van der Waals surface area contributed by atoms with E-state index in [9.17, 15) is 4.79 Å². The van der Waals surface area contributed by atoms with E-state index in [4.69, 9.17) is 14.7 Å². The van der Waals surface area contributed by atoms with Crippen molar-refractivity contribution in [2.75, 3.05) is 58.9 Å². The Morgan fingerprint density at radius 3 is 2.80 bits per heavy atom. The molecular weight excluding hydrogens is 500 g/mol. The number of anilines is 1. The predicted molar refractivity (Wildman–Crippen MR) is 160 cm³/mol. The second-order valence-electron chi connectivity index (χ2n) is 11.3. The number of hydrogen-bond donors (Lipinski definition) is 1. The van der Waals surface area contributed by atoms with E-state index in [-0.39, 0.29) is 5.91 Å². The second kappa shape index (κ2) is 11.0. The smallest absolute Gasteiger partial charge is 0.253 e. The number of likely N-dealkylation sites (N-methyl/N-ethyl adjacent to an activating group) is 1. The van der Waals surface area contributed by atoms with Gasteiger partial charge >= 0.3 is 0 Å². The van der Waals surface area contributed by atoms with Gasteiger partial charge in [0.25, 0.3) is 5.91 Å². The van der Waals surface area contributed by atoms with Crippen LogP contribution in [-0.2, 0) is 11.2 Å². The highest BCUT2D eigenvalue weighted by Gasteiger charge is 2.31. The quantitative estimate of drug-likeness (QED) is 0.342. The van der Waals surface area contributed by atoms with E-state index < -0.39 is 0 Å². The van der Waals surface area contributed by atoms with Crippen molar-refractivity contribution in [1.82, 2.24) is 24.8 Å². The van der Waals surface area contributed by atoms with Crippen LogP contribution in [0.1, 0.15) is 34.3 Å². The van der Waals surface area contributed by atoms with Crippen molar-refractivity contribution in [3.05, 3.63) is 65.5 Å². The molecule has 2 aromatic carbocycles. The molecule has 0 aliphatic carbocycles. The molecule has 2 aliphatic heterocycles. The number of aryl methyl sites for hydroxylation is 2. The van der Waals surface area contributed by atoms with Crippen LogP contribution in [0.3, 0.4) is 0 Å². The Morgan fingerprint density at radius 1 is 1.18 bits per heavy atom. The summed E-state index contributed by atoms with van der Waals surface area (Å²) in [6, 6.07) is 12.9. The van der Waals surface area contributed by atoms with Gasteiger partial charge in [0.05, 0.1) is 11.9 Å². The van der Waals surface area contributed by atoms with Gasteiger partial charge in [0.1, 0.15) is 5.52 Å². The van der Waals surface area contributed by atoms with E-state index in [0.717, 1.165) is 66.0 Å². The van der Waals surface area contributed by atoms with Crippen LogP contribution >= 0.6 is 0 Å². The van der Waals surface area contributed by atoms with Crippen LogP contribution in [0.5, 0.6) is 0 Å². The van der Waals surface area contributed by atoms with Crippen LogP contribution in [0.25, 0.3) is 33.5 Å². The summed E-state index contributed by atoms with van der Waals surface area (Å²) in [7, 11) is 5.73. The van der Waals surface area contributed by atoms with Crippen molar-refractivity contribution >= 4 is 22.8 Å². The summed E-state index contributed by atoms with van der Waals surface area (Å²) in [5, 5.41) is 0. The molecule has 6 rings (SSSR count). The largest absolute Gasteiger partial charge is 0.385 e. The molecule has 1 amide bonds. The van der Waals surface area contributed by atoms with Crippen LogP contribution in [0, 0.1) is 6.92 Å². The average Bonchev–Trinajstić information content (AvgIpc) is 3.40. The molecule has 8 heteroatoms.